The van der Waals surface area contributed by atoms with Gasteiger partial charge in [0.25, 0.3) is 0 Å². The lowest BCUT2D eigenvalue weighted by Gasteiger charge is -2.49. The minimum absolute atomic E-state index is 0.270. The zero-order chi connectivity index (χ0) is 7.14. The molecular formula is C8H11NO. The van der Waals surface area contributed by atoms with Crippen LogP contribution in [-0.2, 0) is 4.79 Å². The molecule has 0 unspecified atom stereocenters. The summed E-state index contributed by atoms with van der Waals surface area (Å²) in [6.45, 7) is 3.04. The molecule has 0 aromatic rings. The van der Waals surface area contributed by atoms with Crippen LogP contribution < -0.4 is 0 Å². The third-order valence-corrected chi connectivity index (χ3v) is 2.28. The smallest absolute Gasteiger partial charge is 0.232 e. The van der Waals surface area contributed by atoms with Gasteiger partial charge in [-0.1, -0.05) is 19.1 Å². The van der Waals surface area contributed by atoms with Crippen LogP contribution in [0.15, 0.2) is 12.2 Å². The Morgan fingerprint density at radius 1 is 1.60 bits per heavy atom. The van der Waals surface area contributed by atoms with E-state index < -0.39 is 0 Å². The van der Waals surface area contributed by atoms with E-state index >= 15 is 0 Å². The van der Waals surface area contributed by atoms with Gasteiger partial charge in [0.15, 0.2) is 0 Å². The number of fused-ring (bicyclic) bond motifs is 1. The van der Waals surface area contributed by atoms with E-state index in [1.165, 1.54) is 0 Å². The van der Waals surface area contributed by atoms with Crippen LogP contribution in [-0.4, -0.2) is 23.4 Å². The lowest BCUT2D eigenvalue weighted by atomic mass is 9.78. The van der Waals surface area contributed by atoms with Crippen molar-refractivity contribution in [2.24, 2.45) is 5.92 Å². The molecule has 1 fully saturated rings. The first-order chi connectivity index (χ1) is 4.84. The normalized spacial score (nSPS) is 34.9. The van der Waals surface area contributed by atoms with Crippen LogP contribution >= 0.6 is 0 Å². The van der Waals surface area contributed by atoms with E-state index in [2.05, 4.69) is 13.0 Å². The van der Waals surface area contributed by atoms with Crippen LogP contribution in [0, 0.1) is 5.92 Å². The monoisotopic (exact) mass is 137 g/mol. The van der Waals surface area contributed by atoms with Crippen molar-refractivity contribution in [1.82, 2.24) is 4.90 Å². The van der Waals surface area contributed by atoms with Crippen LogP contribution in [0.5, 0.6) is 0 Å². The summed E-state index contributed by atoms with van der Waals surface area (Å²) >= 11 is 0. The average Bonchev–Trinajstić information content (AvgIpc) is 1.85. The van der Waals surface area contributed by atoms with Crippen molar-refractivity contribution < 1.29 is 4.79 Å². The lowest BCUT2D eigenvalue weighted by Crippen LogP contribution is -2.62. The molecule has 2 nitrogen and oxygen atoms in total. The molecule has 1 saturated heterocycles. The maximum absolute atomic E-state index is 11.1. The molecule has 1 aliphatic heterocycles. The van der Waals surface area contributed by atoms with Gasteiger partial charge in [0.2, 0.25) is 5.91 Å². The van der Waals surface area contributed by atoms with Gasteiger partial charge in [-0.05, 0) is 6.42 Å². The third kappa shape index (κ3) is 0.516. The summed E-state index contributed by atoms with van der Waals surface area (Å²) in [5, 5.41) is 0. The van der Waals surface area contributed by atoms with E-state index in [-0.39, 0.29) is 5.92 Å². The second-order valence-electron chi connectivity index (χ2n) is 2.93. The highest BCUT2D eigenvalue weighted by molar-refractivity contribution is 5.90. The second kappa shape index (κ2) is 1.84. The van der Waals surface area contributed by atoms with E-state index in [4.69, 9.17) is 0 Å². The van der Waals surface area contributed by atoms with Crippen molar-refractivity contribution in [2.45, 2.75) is 19.4 Å². The van der Waals surface area contributed by atoms with Crippen LogP contribution in [0.25, 0.3) is 0 Å². The van der Waals surface area contributed by atoms with Gasteiger partial charge in [0.05, 0.1) is 12.0 Å². The van der Waals surface area contributed by atoms with Crippen LogP contribution in [0.4, 0.5) is 0 Å². The SMILES string of the molecule is CCCN1C(=O)[C@H]2C=C[C@H]21. The second-order valence-corrected chi connectivity index (χ2v) is 2.93. The first-order valence-electron chi connectivity index (χ1n) is 3.83. The molecule has 10 heavy (non-hydrogen) atoms. The number of hydrogen-bond donors (Lipinski definition) is 0. The number of nitrogens with zero attached hydrogens (tertiary/aromatic N) is 1. The van der Waals surface area contributed by atoms with Gasteiger partial charge in [-0.15, -0.1) is 0 Å². The Morgan fingerprint density at radius 3 is 2.80 bits per heavy atom. The molecule has 2 heteroatoms. The van der Waals surface area contributed by atoms with Gasteiger partial charge in [0, 0.05) is 6.54 Å². The molecule has 0 N–H and O–H groups in total. The van der Waals surface area contributed by atoms with Gasteiger partial charge in [-0.25, -0.2) is 0 Å². The van der Waals surface area contributed by atoms with Gasteiger partial charge in [-0.2, -0.15) is 0 Å². The third-order valence-electron chi connectivity index (χ3n) is 2.28. The highest BCUT2D eigenvalue weighted by Crippen LogP contribution is 2.35. The van der Waals surface area contributed by atoms with E-state index in [0.29, 0.717) is 11.9 Å². The van der Waals surface area contributed by atoms with Crippen LogP contribution in [0.3, 0.4) is 0 Å². The van der Waals surface area contributed by atoms with Crippen LogP contribution in [0.2, 0.25) is 0 Å². The summed E-state index contributed by atoms with van der Waals surface area (Å²) in [6.07, 6.45) is 5.18. The minimum Gasteiger partial charge on any atom is -0.335 e. The quantitative estimate of drug-likeness (QED) is 0.407. The Morgan fingerprint density at radius 2 is 2.40 bits per heavy atom. The van der Waals surface area contributed by atoms with Crippen molar-refractivity contribution in [3.05, 3.63) is 12.2 Å². The molecule has 1 heterocycles. The molecule has 1 aliphatic carbocycles. The van der Waals surface area contributed by atoms with Crippen molar-refractivity contribution in [3.63, 3.8) is 0 Å². The first-order valence-corrected chi connectivity index (χ1v) is 3.83. The largest absolute Gasteiger partial charge is 0.335 e. The zero-order valence-electron chi connectivity index (χ0n) is 6.08. The van der Waals surface area contributed by atoms with E-state index in [1.807, 2.05) is 11.0 Å². The lowest BCUT2D eigenvalue weighted by molar-refractivity contribution is -0.151. The number of β-lactam (4-membered cyclic amide) rings is 1. The summed E-state index contributed by atoms with van der Waals surface area (Å²) in [6, 6.07) is 0.479. The Balaban J connectivity index is 2.00. The molecule has 2 aliphatic rings. The number of carbonyl (C=O) groups excluding carboxylic acids is 1. The molecule has 2 rings (SSSR count). The number of rotatable bonds is 2. The average molecular weight is 137 g/mol. The topological polar surface area (TPSA) is 20.3 Å². The van der Waals surface area contributed by atoms with E-state index in [1.54, 1.807) is 0 Å². The predicted octanol–water partition coefficient (Wildman–Crippen LogP) is 0.793. The molecular weight excluding hydrogens is 126 g/mol. The highest BCUT2D eigenvalue weighted by atomic mass is 16.2. The highest BCUT2D eigenvalue weighted by Gasteiger charge is 2.48. The summed E-state index contributed by atoms with van der Waals surface area (Å²) in [7, 11) is 0. The molecule has 1 amide bonds. The van der Waals surface area contributed by atoms with Gasteiger partial charge < -0.3 is 4.90 Å². The van der Waals surface area contributed by atoms with Gasteiger partial charge in [-0.3, -0.25) is 4.79 Å². The Labute approximate surface area is 60.5 Å². The Hall–Kier alpha value is -0.790. The summed E-state index contributed by atoms with van der Waals surface area (Å²) < 4.78 is 0. The molecule has 0 aromatic heterocycles. The fourth-order valence-electron chi connectivity index (χ4n) is 1.60. The molecule has 0 radical (unpaired) electrons. The molecule has 0 saturated carbocycles. The van der Waals surface area contributed by atoms with E-state index in [9.17, 15) is 4.79 Å². The van der Waals surface area contributed by atoms with Crippen molar-refractivity contribution in [2.75, 3.05) is 6.54 Å². The summed E-state index contributed by atoms with van der Waals surface area (Å²) in [5.74, 6) is 0.598. The molecule has 2 atom stereocenters. The number of carbonyl (C=O) groups is 1. The Kier molecular flexibility index (Phi) is 1.10. The maximum atomic E-state index is 11.1. The molecule has 54 valence electrons. The van der Waals surface area contributed by atoms with Crippen molar-refractivity contribution in [3.8, 4) is 0 Å². The number of likely N-dealkylation sites (tertiary alicyclic amines) is 1. The fourth-order valence-corrected chi connectivity index (χ4v) is 1.60. The fraction of sp³-hybridized carbons (Fsp3) is 0.625. The molecule has 0 spiro atoms. The first kappa shape index (κ1) is 5.96. The van der Waals surface area contributed by atoms with Crippen LogP contribution in [0.1, 0.15) is 13.3 Å². The molecule has 0 bridgehead atoms. The standard InChI is InChI=1S/C8H11NO/c1-2-5-9-7-4-3-6(7)8(9)10/h3-4,6-7H,2,5H2,1H3/t6-,7+/m0/s1. The zero-order valence-corrected chi connectivity index (χ0v) is 6.08. The van der Waals surface area contributed by atoms with Crippen molar-refractivity contribution >= 4 is 5.91 Å². The summed E-state index contributed by atoms with van der Waals surface area (Å²) in [5.41, 5.74) is 0. The predicted molar refractivity (Wildman–Crippen MR) is 38.4 cm³/mol. The van der Waals surface area contributed by atoms with Gasteiger partial charge >= 0.3 is 0 Å². The Bertz CT molecular complexity index is 197. The minimum atomic E-state index is 0.270. The molecule has 0 aromatic carbocycles. The number of hydrogen-bond acceptors (Lipinski definition) is 1. The maximum Gasteiger partial charge on any atom is 0.232 e. The number of amides is 1. The van der Waals surface area contributed by atoms with E-state index in [0.717, 1.165) is 13.0 Å². The van der Waals surface area contributed by atoms with Gasteiger partial charge in [0.1, 0.15) is 0 Å². The summed E-state index contributed by atoms with van der Waals surface area (Å²) in [4.78, 5) is 13.0. The van der Waals surface area contributed by atoms with Crippen molar-refractivity contribution in [1.29, 1.82) is 0 Å².